The minimum absolute atomic E-state index is 0.0617. The van der Waals surface area contributed by atoms with Crippen LogP contribution in [0.1, 0.15) is 5.56 Å². The molecule has 1 aliphatic heterocycles. The molecule has 29 heavy (non-hydrogen) atoms. The number of ether oxygens (including phenoxy) is 1. The van der Waals surface area contributed by atoms with Crippen molar-refractivity contribution in [1.82, 2.24) is 10.2 Å². The highest BCUT2D eigenvalue weighted by Gasteiger charge is 2.21. The number of carbonyl (C=O) groups excluding carboxylic acids is 1. The molecule has 8 heteroatoms. The molecule has 3 rings (SSSR count). The van der Waals surface area contributed by atoms with Crippen molar-refractivity contribution < 1.29 is 9.53 Å². The van der Waals surface area contributed by atoms with Crippen LogP contribution in [0.15, 0.2) is 42.5 Å². The Hall–Kier alpha value is -1.99. The number of amides is 2. The van der Waals surface area contributed by atoms with Gasteiger partial charge in [0.05, 0.1) is 22.8 Å². The lowest BCUT2D eigenvalue weighted by Gasteiger charge is -2.33. The molecule has 6 nitrogen and oxygen atoms in total. The molecule has 2 amide bonds. The van der Waals surface area contributed by atoms with Gasteiger partial charge in [-0.1, -0.05) is 29.3 Å². The third-order valence-corrected chi connectivity index (χ3v) is 5.48. The Kier molecular flexibility index (Phi) is 7.61. The van der Waals surface area contributed by atoms with Gasteiger partial charge in [0.25, 0.3) is 0 Å². The van der Waals surface area contributed by atoms with E-state index >= 15 is 0 Å². The molecule has 1 atom stereocenters. The van der Waals surface area contributed by atoms with E-state index in [9.17, 15) is 4.79 Å². The molecule has 0 spiro atoms. The first kappa shape index (κ1) is 21.7. The average molecular weight is 437 g/mol. The lowest BCUT2D eigenvalue weighted by atomic mass is 10.2. The average Bonchev–Trinajstić information content (AvgIpc) is 2.70. The van der Waals surface area contributed by atoms with Gasteiger partial charge in [-0.05, 0) is 42.0 Å². The maximum absolute atomic E-state index is 12.2. The van der Waals surface area contributed by atoms with Crippen LogP contribution < -0.4 is 15.5 Å². The summed E-state index contributed by atoms with van der Waals surface area (Å²) >= 11 is 12.1. The van der Waals surface area contributed by atoms with Crippen LogP contribution in [0, 0.1) is 0 Å². The summed E-state index contributed by atoms with van der Waals surface area (Å²) in [6.07, 6.45) is -0.0617. The van der Waals surface area contributed by atoms with Crippen molar-refractivity contribution in [3.63, 3.8) is 0 Å². The van der Waals surface area contributed by atoms with Gasteiger partial charge in [-0.15, -0.1) is 0 Å². The summed E-state index contributed by atoms with van der Waals surface area (Å²) < 4.78 is 5.79. The molecule has 2 aromatic carbocycles. The highest BCUT2D eigenvalue weighted by Crippen LogP contribution is 2.23. The van der Waals surface area contributed by atoms with Gasteiger partial charge in [-0.25, -0.2) is 4.79 Å². The summed E-state index contributed by atoms with van der Waals surface area (Å²) in [5, 5.41) is 6.85. The number of benzene rings is 2. The van der Waals surface area contributed by atoms with Crippen LogP contribution in [0.2, 0.25) is 10.0 Å². The summed E-state index contributed by atoms with van der Waals surface area (Å²) in [5.41, 5.74) is 2.93. The predicted octanol–water partition coefficient (Wildman–Crippen LogP) is 4.08. The minimum atomic E-state index is -0.243. The molecular formula is C21H26Cl2N4O2. The standard InChI is InChI=1S/C21H26Cl2N4O2/c1-26(2)17-6-4-16(5-7-17)25-21(28)24-12-18-14-27(9-10-29-18)13-15-3-8-19(22)20(23)11-15/h3-8,11,18H,9-10,12-14H2,1-2H3,(H2,24,25,28). The highest BCUT2D eigenvalue weighted by molar-refractivity contribution is 6.42. The molecule has 1 fully saturated rings. The summed E-state index contributed by atoms with van der Waals surface area (Å²) in [4.78, 5) is 16.5. The lowest BCUT2D eigenvalue weighted by molar-refractivity contribution is -0.0285. The fraction of sp³-hybridized carbons (Fsp3) is 0.381. The number of nitrogens with zero attached hydrogens (tertiary/aromatic N) is 2. The van der Waals surface area contributed by atoms with Crippen molar-refractivity contribution in [2.24, 2.45) is 0 Å². The van der Waals surface area contributed by atoms with Gasteiger partial charge in [0.15, 0.2) is 0 Å². The van der Waals surface area contributed by atoms with Gasteiger partial charge < -0.3 is 20.3 Å². The molecule has 1 saturated heterocycles. The van der Waals surface area contributed by atoms with E-state index in [0.717, 1.165) is 36.6 Å². The molecule has 1 aliphatic rings. The molecule has 0 aliphatic carbocycles. The number of hydrogen-bond acceptors (Lipinski definition) is 4. The summed E-state index contributed by atoms with van der Waals surface area (Å²) in [6, 6.07) is 13.1. The van der Waals surface area contributed by atoms with Gasteiger partial charge in [-0.2, -0.15) is 0 Å². The normalized spacial score (nSPS) is 17.0. The van der Waals surface area contributed by atoms with E-state index in [1.807, 2.05) is 61.5 Å². The minimum Gasteiger partial charge on any atom is -0.378 e. The first-order chi connectivity index (χ1) is 13.9. The summed E-state index contributed by atoms with van der Waals surface area (Å²) in [5.74, 6) is 0. The van der Waals surface area contributed by atoms with Gasteiger partial charge in [-0.3, -0.25) is 4.90 Å². The predicted molar refractivity (Wildman–Crippen MR) is 119 cm³/mol. The number of morpholine rings is 1. The lowest BCUT2D eigenvalue weighted by Crippen LogP contribution is -2.47. The Balaban J connectivity index is 1.45. The van der Waals surface area contributed by atoms with Crippen LogP contribution in [-0.2, 0) is 11.3 Å². The molecule has 2 N–H and O–H groups in total. The summed E-state index contributed by atoms with van der Waals surface area (Å²) in [7, 11) is 3.95. The first-order valence-corrected chi connectivity index (χ1v) is 10.3. The molecule has 0 saturated carbocycles. The van der Waals surface area contributed by atoms with E-state index in [0.29, 0.717) is 23.2 Å². The van der Waals surface area contributed by atoms with Crippen LogP contribution in [0.3, 0.4) is 0 Å². The first-order valence-electron chi connectivity index (χ1n) is 9.51. The van der Waals surface area contributed by atoms with Crippen LogP contribution in [0.25, 0.3) is 0 Å². The third-order valence-electron chi connectivity index (χ3n) is 4.74. The largest absolute Gasteiger partial charge is 0.378 e. The number of carbonyl (C=O) groups is 1. The maximum atomic E-state index is 12.2. The van der Waals surface area contributed by atoms with Gasteiger partial charge in [0, 0.05) is 51.6 Å². The zero-order chi connectivity index (χ0) is 20.8. The number of rotatable bonds is 6. The Morgan fingerprint density at radius 3 is 2.62 bits per heavy atom. The van der Waals surface area contributed by atoms with E-state index in [-0.39, 0.29) is 12.1 Å². The monoisotopic (exact) mass is 436 g/mol. The topological polar surface area (TPSA) is 56.8 Å². The molecule has 1 heterocycles. The number of hydrogen-bond donors (Lipinski definition) is 2. The molecule has 0 bridgehead atoms. The smallest absolute Gasteiger partial charge is 0.319 e. The highest BCUT2D eigenvalue weighted by atomic mass is 35.5. The molecule has 2 aromatic rings. The number of halogens is 2. The Morgan fingerprint density at radius 1 is 1.17 bits per heavy atom. The quantitative estimate of drug-likeness (QED) is 0.715. The third kappa shape index (κ3) is 6.51. The Bertz CT molecular complexity index is 830. The SMILES string of the molecule is CN(C)c1ccc(NC(=O)NCC2CN(Cc3ccc(Cl)c(Cl)c3)CCO2)cc1. The van der Waals surface area contributed by atoms with Crippen molar-refractivity contribution >= 4 is 40.6 Å². The molecular weight excluding hydrogens is 411 g/mol. The second-order valence-corrected chi connectivity index (χ2v) is 8.07. The maximum Gasteiger partial charge on any atom is 0.319 e. The summed E-state index contributed by atoms with van der Waals surface area (Å²) in [6.45, 7) is 3.40. The fourth-order valence-electron chi connectivity index (χ4n) is 3.17. The van der Waals surface area contributed by atoms with E-state index in [1.54, 1.807) is 0 Å². The number of nitrogens with one attached hydrogen (secondary N) is 2. The van der Waals surface area contributed by atoms with Crippen molar-refractivity contribution in [1.29, 1.82) is 0 Å². The molecule has 1 unspecified atom stereocenters. The zero-order valence-electron chi connectivity index (χ0n) is 16.6. The van der Waals surface area contributed by atoms with Gasteiger partial charge in [0.1, 0.15) is 0 Å². The van der Waals surface area contributed by atoms with Crippen LogP contribution in [0.5, 0.6) is 0 Å². The number of urea groups is 1. The Morgan fingerprint density at radius 2 is 1.93 bits per heavy atom. The van der Waals surface area contributed by atoms with E-state index in [4.69, 9.17) is 27.9 Å². The van der Waals surface area contributed by atoms with Gasteiger partial charge >= 0.3 is 6.03 Å². The van der Waals surface area contributed by atoms with E-state index in [2.05, 4.69) is 15.5 Å². The van der Waals surface area contributed by atoms with Crippen molar-refractivity contribution in [3.05, 3.63) is 58.1 Å². The van der Waals surface area contributed by atoms with Gasteiger partial charge in [0.2, 0.25) is 0 Å². The second-order valence-electron chi connectivity index (χ2n) is 7.25. The molecule has 0 radical (unpaired) electrons. The van der Waals surface area contributed by atoms with E-state index in [1.165, 1.54) is 0 Å². The molecule has 0 aromatic heterocycles. The van der Waals surface area contributed by atoms with Crippen LogP contribution >= 0.6 is 23.2 Å². The van der Waals surface area contributed by atoms with Crippen molar-refractivity contribution in [2.45, 2.75) is 12.6 Å². The fourth-order valence-corrected chi connectivity index (χ4v) is 3.49. The Labute approximate surface area is 181 Å². The van der Waals surface area contributed by atoms with E-state index < -0.39 is 0 Å². The molecule has 156 valence electrons. The number of anilines is 2. The van der Waals surface area contributed by atoms with Crippen molar-refractivity contribution in [2.75, 3.05) is 50.6 Å². The van der Waals surface area contributed by atoms with Crippen LogP contribution in [-0.4, -0.2) is 57.4 Å². The second kappa shape index (κ2) is 10.2. The van der Waals surface area contributed by atoms with Crippen molar-refractivity contribution in [3.8, 4) is 0 Å². The zero-order valence-corrected chi connectivity index (χ0v) is 18.1. The van der Waals surface area contributed by atoms with Crippen LogP contribution in [0.4, 0.5) is 16.2 Å².